The number of hydrogen-bond acceptors (Lipinski definition) is 1. The molecule has 0 fully saturated rings. The van der Waals surface area contributed by atoms with E-state index in [0.717, 1.165) is 16.8 Å². The van der Waals surface area contributed by atoms with Gasteiger partial charge in [0.2, 0.25) is 0 Å². The van der Waals surface area contributed by atoms with Crippen LogP contribution in [-0.4, -0.2) is 9.78 Å². The summed E-state index contributed by atoms with van der Waals surface area (Å²) in [5.74, 6) is -4.60. The van der Waals surface area contributed by atoms with Crippen LogP contribution in [0.25, 0.3) is 16.8 Å². The maximum atomic E-state index is 13.7. The van der Waals surface area contributed by atoms with Crippen molar-refractivity contribution in [1.82, 2.24) is 9.78 Å². The third-order valence-corrected chi connectivity index (χ3v) is 3.00. The minimum Gasteiger partial charge on any atom is -0.240 e. The number of nitrogens with zero attached hydrogens (tertiary/aromatic N) is 2. The molecule has 0 aliphatic rings. The number of benzene rings is 2. The zero-order valence-electron chi connectivity index (χ0n) is 10.5. The van der Waals surface area contributed by atoms with Gasteiger partial charge in [-0.25, -0.2) is 22.2 Å². The summed E-state index contributed by atoms with van der Waals surface area (Å²) in [7, 11) is 0. The molecular formula is C15H8F4N2. The number of aromatic nitrogens is 2. The molecule has 0 spiro atoms. The van der Waals surface area contributed by atoms with Gasteiger partial charge in [-0.1, -0.05) is 18.2 Å². The molecule has 6 heteroatoms. The molecule has 3 aromatic rings. The van der Waals surface area contributed by atoms with Crippen LogP contribution in [0.1, 0.15) is 0 Å². The van der Waals surface area contributed by atoms with E-state index < -0.39 is 23.3 Å². The lowest BCUT2D eigenvalue weighted by molar-refractivity contribution is 0.446. The van der Waals surface area contributed by atoms with Crippen LogP contribution in [0, 0.1) is 23.3 Å². The maximum Gasteiger partial charge on any atom is 0.194 e. The van der Waals surface area contributed by atoms with Gasteiger partial charge in [-0.15, -0.1) is 0 Å². The van der Waals surface area contributed by atoms with Crippen LogP contribution in [0.2, 0.25) is 0 Å². The van der Waals surface area contributed by atoms with Gasteiger partial charge in [0.25, 0.3) is 0 Å². The average Bonchev–Trinajstić information content (AvgIpc) is 2.94. The summed E-state index contributed by atoms with van der Waals surface area (Å²) in [6.07, 6.45) is 2.77. The Kier molecular flexibility index (Phi) is 3.21. The van der Waals surface area contributed by atoms with Gasteiger partial charge in [-0.3, -0.25) is 0 Å². The van der Waals surface area contributed by atoms with Gasteiger partial charge in [0.05, 0.1) is 11.9 Å². The Morgan fingerprint density at radius 2 is 1.52 bits per heavy atom. The molecule has 106 valence electrons. The van der Waals surface area contributed by atoms with Crippen molar-refractivity contribution in [3.63, 3.8) is 0 Å². The summed E-state index contributed by atoms with van der Waals surface area (Å²) in [5, 5.41) is 3.91. The molecule has 2 aromatic carbocycles. The summed E-state index contributed by atoms with van der Waals surface area (Å²) >= 11 is 0. The third kappa shape index (κ3) is 2.40. The molecular weight excluding hydrogens is 284 g/mol. The Labute approximate surface area is 117 Å². The Hall–Kier alpha value is -2.63. The fraction of sp³-hybridized carbons (Fsp3) is 0. The molecule has 0 radical (unpaired) electrons. The molecule has 1 heterocycles. The summed E-state index contributed by atoms with van der Waals surface area (Å²) in [4.78, 5) is 0. The highest BCUT2D eigenvalue weighted by molar-refractivity contribution is 5.62. The van der Waals surface area contributed by atoms with Crippen LogP contribution >= 0.6 is 0 Å². The highest BCUT2D eigenvalue weighted by atomic mass is 19.2. The number of hydrogen-bond donors (Lipinski definition) is 0. The SMILES string of the molecule is Fc1ccccc1-c1cnn(-c2cc(F)c(F)c(F)c2)c1. The Morgan fingerprint density at radius 3 is 2.19 bits per heavy atom. The van der Waals surface area contributed by atoms with Crippen molar-refractivity contribution in [3.05, 3.63) is 72.1 Å². The van der Waals surface area contributed by atoms with E-state index in [1.54, 1.807) is 18.2 Å². The number of rotatable bonds is 2. The highest BCUT2D eigenvalue weighted by Crippen LogP contribution is 2.24. The Bertz CT molecular complexity index is 788. The minimum atomic E-state index is -1.54. The summed E-state index contributed by atoms with van der Waals surface area (Å²) in [5.41, 5.74) is 0.763. The van der Waals surface area contributed by atoms with Crippen molar-refractivity contribution < 1.29 is 17.6 Å². The zero-order chi connectivity index (χ0) is 15.0. The lowest BCUT2D eigenvalue weighted by Crippen LogP contribution is -1.99. The second kappa shape index (κ2) is 5.05. The van der Waals surface area contributed by atoms with Crippen molar-refractivity contribution in [1.29, 1.82) is 0 Å². The van der Waals surface area contributed by atoms with Gasteiger partial charge < -0.3 is 0 Å². The molecule has 0 atom stereocenters. The van der Waals surface area contributed by atoms with E-state index in [4.69, 9.17) is 0 Å². The molecule has 1 aromatic heterocycles. The van der Waals surface area contributed by atoms with Crippen LogP contribution in [0.15, 0.2) is 48.8 Å². The van der Waals surface area contributed by atoms with Crippen molar-refractivity contribution in [2.45, 2.75) is 0 Å². The van der Waals surface area contributed by atoms with E-state index in [0.29, 0.717) is 11.1 Å². The largest absolute Gasteiger partial charge is 0.240 e. The van der Waals surface area contributed by atoms with Crippen LogP contribution in [0.5, 0.6) is 0 Å². The highest BCUT2D eigenvalue weighted by Gasteiger charge is 2.13. The second-order valence-electron chi connectivity index (χ2n) is 4.38. The van der Waals surface area contributed by atoms with Crippen LogP contribution in [-0.2, 0) is 0 Å². The van der Waals surface area contributed by atoms with Gasteiger partial charge in [0.1, 0.15) is 5.82 Å². The smallest absolute Gasteiger partial charge is 0.194 e. The van der Waals surface area contributed by atoms with Crippen molar-refractivity contribution in [3.8, 4) is 16.8 Å². The van der Waals surface area contributed by atoms with Gasteiger partial charge in [-0.05, 0) is 6.07 Å². The quantitative estimate of drug-likeness (QED) is 0.513. The molecule has 3 rings (SSSR count). The molecule has 0 aliphatic heterocycles. The first-order valence-corrected chi connectivity index (χ1v) is 6.01. The van der Waals surface area contributed by atoms with Crippen LogP contribution < -0.4 is 0 Å². The normalized spacial score (nSPS) is 10.9. The predicted octanol–water partition coefficient (Wildman–Crippen LogP) is 4.10. The van der Waals surface area contributed by atoms with Crippen molar-refractivity contribution in [2.24, 2.45) is 0 Å². The van der Waals surface area contributed by atoms with Crippen molar-refractivity contribution in [2.75, 3.05) is 0 Å². The Balaban J connectivity index is 2.05. The second-order valence-corrected chi connectivity index (χ2v) is 4.38. The standard InChI is InChI=1S/C15H8F4N2/c16-12-4-2-1-3-11(12)9-7-20-21(8-9)10-5-13(17)15(19)14(18)6-10/h1-8H. The molecule has 21 heavy (non-hydrogen) atoms. The maximum absolute atomic E-state index is 13.7. The van der Waals surface area contributed by atoms with E-state index in [2.05, 4.69) is 5.10 Å². The minimum absolute atomic E-state index is 0.00832. The molecule has 0 saturated heterocycles. The molecule has 0 bridgehead atoms. The van der Waals surface area contributed by atoms with E-state index in [9.17, 15) is 17.6 Å². The molecule has 0 amide bonds. The molecule has 0 aliphatic carbocycles. The summed E-state index contributed by atoms with van der Waals surface area (Å²) in [6, 6.07) is 7.69. The first-order valence-electron chi connectivity index (χ1n) is 6.01. The van der Waals surface area contributed by atoms with Crippen molar-refractivity contribution >= 4 is 0 Å². The zero-order valence-corrected chi connectivity index (χ0v) is 10.5. The average molecular weight is 292 g/mol. The summed E-state index contributed by atoms with van der Waals surface area (Å²) in [6.45, 7) is 0. The van der Waals surface area contributed by atoms with Gasteiger partial charge in [-0.2, -0.15) is 5.10 Å². The van der Waals surface area contributed by atoms with Gasteiger partial charge in [0.15, 0.2) is 17.5 Å². The molecule has 0 saturated carbocycles. The predicted molar refractivity (Wildman–Crippen MR) is 68.8 cm³/mol. The first kappa shape index (κ1) is 13.4. The monoisotopic (exact) mass is 292 g/mol. The van der Waals surface area contributed by atoms with Gasteiger partial charge in [0, 0.05) is 29.5 Å². The molecule has 0 unspecified atom stereocenters. The van der Waals surface area contributed by atoms with Crippen LogP contribution in [0.4, 0.5) is 17.6 Å². The third-order valence-electron chi connectivity index (χ3n) is 3.00. The number of halogens is 4. The fourth-order valence-electron chi connectivity index (χ4n) is 1.97. The molecule has 2 nitrogen and oxygen atoms in total. The lowest BCUT2D eigenvalue weighted by Gasteiger charge is -2.03. The first-order chi connectivity index (χ1) is 10.1. The van der Waals surface area contributed by atoms with E-state index >= 15 is 0 Å². The van der Waals surface area contributed by atoms with E-state index in [1.165, 1.54) is 18.5 Å². The fourth-order valence-corrected chi connectivity index (χ4v) is 1.97. The van der Waals surface area contributed by atoms with E-state index in [1.807, 2.05) is 0 Å². The lowest BCUT2D eigenvalue weighted by atomic mass is 10.1. The van der Waals surface area contributed by atoms with Crippen LogP contribution in [0.3, 0.4) is 0 Å². The summed E-state index contributed by atoms with van der Waals surface area (Å²) < 4.78 is 54.1. The topological polar surface area (TPSA) is 17.8 Å². The van der Waals surface area contributed by atoms with Gasteiger partial charge >= 0.3 is 0 Å². The Morgan fingerprint density at radius 1 is 0.857 bits per heavy atom. The van der Waals surface area contributed by atoms with E-state index in [-0.39, 0.29) is 5.69 Å². The molecule has 0 N–H and O–H groups in total.